The number of hydrogen-bond acceptors (Lipinski definition) is 8. The van der Waals surface area contributed by atoms with Crippen molar-refractivity contribution >= 4 is 28.9 Å². The molecule has 0 spiro atoms. The van der Waals surface area contributed by atoms with Crippen LogP contribution in [-0.2, 0) is 17.4 Å². The highest BCUT2D eigenvalue weighted by molar-refractivity contribution is 7.10. The van der Waals surface area contributed by atoms with Crippen LogP contribution in [0.3, 0.4) is 0 Å². The minimum absolute atomic E-state index is 0. The number of halogens is 3. The molecule has 2 aromatic heterocycles. The number of piperidine rings is 2. The summed E-state index contributed by atoms with van der Waals surface area (Å²) in [7, 11) is 0. The van der Waals surface area contributed by atoms with Crippen molar-refractivity contribution in [3.05, 3.63) is 81.3 Å². The average Bonchev–Trinajstić information content (AvgIpc) is 3.79. The lowest BCUT2D eigenvalue weighted by molar-refractivity contribution is -0.160. The van der Waals surface area contributed by atoms with E-state index in [0.717, 1.165) is 54.7 Å². The Morgan fingerprint density at radius 2 is 1.84 bits per heavy atom. The number of carbonyl (C=O) groups excluding carboxylic acids is 2. The van der Waals surface area contributed by atoms with Crippen molar-refractivity contribution in [1.82, 2.24) is 14.8 Å². The molecule has 276 valence electrons. The third-order valence-corrected chi connectivity index (χ3v) is 10.7. The van der Waals surface area contributed by atoms with E-state index in [0.29, 0.717) is 51.1 Å². The summed E-state index contributed by atoms with van der Waals surface area (Å²) < 4.78 is 48.8. The Bertz CT molecular complexity index is 1720. The molecule has 51 heavy (non-hydrogen) atoms. The van der Waals surface area contributed by atoms with E-state index < -0.39 is 34.9 Å². The summed E-state index contributed by atoms with van der Waals surface area (Å²) in [4.78, 5) is 37.1. The molecule has 0 bridgehead atoms. The third-order valence-electron chi connectivity index (χ3n) is 9.87. The van der Waals surface area contributed by atoms with E-state index in [1.165, 1.54) is 27.4 Å². The second-order valence-corrected chi connectivity index (χ2v) is 14.1. The van der Waals surface area contributed by atoms with Crippen LogP contribution >= 0.6 is 11.3 Å². The molecule has 3 aromatic rings. The Morgan fingerprint density at radius 3 is 2.51 bits per heavy atom. The number of carbonyl (C=O) groups is 2. The highest BCUT2D eigenvalue weighted by Crippen LogP contribution is 2.41. The maximum Gasteiger partial charge on any atom is 0.417 e. The second-order valence-electron chi connectivity index (χ2n) is 13.0. The lowest BCUT2D eigenvalue weighted by atomic mass is 9.78. The first-order valence-corrected chi connectivity index (χ1v) is 17.8. The highest BCUT2D eigenvalue weighted by atomic mass is 32.1. The molecule has 13 heteroatoms. The zero-order chi connectivity index (χ0) is 34.6. The fraction of sp³-hybridized carbons (Fsp3) is 0.526. The fourth-order valence-electron chi connectivity index (χ4n) is 7.52. The Morgan fingerprint density at radius 1 is 1.08 bits per heavy atom. The molecule has 2 amide bonds. The monoisotopic (exact) mass is 726 g/mol. The number of benzene rings is 1. The molecule has 0 radical (unpaired) electrons. The smallest absolute Gasteiger partial charge is 0.417 e. The third kappa shape index (κ3) is 8.51. The van der Waals surface area contributed by atoms with Crippen molar-refractivity contribution in [2.45, 2.75) is 104 Å². The van der Waals surface area contributed by atoms with Crippen molar-refractivity contribution in [2.75, 3.05) is 26.2 Å². The van der Waals surface area contributed by atoms with Gasteiger partial charge < -0.3 is 14.5 Å². The van der Waals surface area contributed by atoms with Gasteiger partial charge in [0, 0.05) is 48.7 Å². The number of aromatic nitrogens is 1. The molecule has 6 rings (SSSR count). The van der Waals surface area contributed by atoms with Crippen molar-refractivity contribution in [1.29, 1.82) is 0 Å². The lowest BCUT2D eigenvalue weighted by Crippen LogP contribution is -2.68. The normalized spacial score (nSPS) is 20.7. The first-order chi connectivity index (χ1) is 23.6. The van der Waals surface area contributed by atoms with Gasteiger partial charge in [-0.2, -0.15) is 18.3 Å². The second kappa shape index (κ2) is 16.9. The standard InChI is InChI=1S/C36H41F3N6O3S.2CH4/c1-3-7-32-35(48-28-20-24(2)49-23-28,15-6-17-45(32)33(46)30-22-40-16-12-31(30)36(37,38)39)34(47)44-18-13-26(14-19-44)29-9-5-4-8-25(29)10-11-27-21-41-43-42-27;;/h4-5,8-9,12,16,20,22-23,26,32H,3,6-7,10-11,13-15,17-19,21H2,1-2H3;2*1H4/t32-,35+;;/m1../s1. The molecular formula is C38H49F3N6O3S. The summed E-state index contributed by atoms with van der Waals surface area (Å²) in [6.45, 7) is 5.66. The van der Waals surface area contributed by atoms with Crippen molar-refractivity contribution in [2.24, 2.45) is 15.4 Å². The van der Waals surface area contributed by atoms with Crippen LogP contribution in [0.1, 0.15) is 105 Å². The van der Waals surface area contributed by atoms with E-state index in [1.807, 2.05) is 36.3 Å². The number of ether oxygens (including phenoxy) is 1. The number of thiophene rings is 1. The summed E-state index contributed by atoms with van der Waals surface area (Å²) in [5, 5.41) is 13.7. The van der Waals surface area contributed by atoms with Gasteiger partial charge in [0.15, 0.2) is 0 Å². The maximum atomic E-state index is 14.9. The summed E-state index contributed by atoms with van der Waals surface area (Å²) in [5.74, 6) is -0.214. The van der Waals surface area contributed by atoms with Crippen LogP contribution in [0.4, 0.5) is 13.2 Å². The average molecular weight is 727 g/mol. The Balaban J connectivity index is 0.00000292. The van der Waals surface area contributed by atoms with E-state index in [9.17, 15) is 22.8 Å². The van der Waals surface area contributed by atoms with Crippen LogP contribution in [0, 0.1) is 6.92 Å². The molecular weight excluding hydrogens is 678 g/mol. The number of likely N-dealkylation sites (tertiary alicyclic amines) is 2. The van der Waals surface area contributed by atoms with Gasteiger partial charge in [0.2, 0.25) is 5.60 Å². The SMILES string of the molecule is C.C.CCC[C@H]1N(C(=O)c2cnccc2C(F)(F)F)CCC[C@@]1(Oc1csc(C)c1)C(=O)N1CCC(c2ccccc2CCC2=NN=NC2)CC1. The molecule has 0 unspecified atom stereocenters. The van der Waals surface area contributed by atoms with Gasteiger partial charge in [-0.05, 0) is 79.8 Å². The minimum Gasteiger partial charge on any atom is -0.474 e. The van der Waals surface area contributed by atoms with Crippen LogP contribution in [0.25, 0.3) is 0 Å². The Labute approximate surface area is 303 Å². The van der Waals surface area contributed by atoms with E-state index in [1.54, 1.807) is 0 Å². The van der Waals surface area contributed by atoms with Gasteiger partial charge in [-0.15, -0.1) is 16.4 Å². The zero-order valence-corrected chi connectivity index (χ0v) is 28.6. The van der Waals surface area contributed by atoms with Gasteiger partial charge in [0.25, 0.3) is 11.8 Å². The summed E-state index contributed by atoms with van der Waals surface area (Å²) in [6.07, 6.45) is 2.16. The van der Waals surface area contributed by atoms with Crippen molar-refractivity contribution in [3.8, 4) is 5.75 Å². The van der Waals surface area contributed by atoms with Crippen LogP contribution in [0.5, 0.6) is 5.75 Å². The number of alkyl halides is 3. The van der Waals surface area contributed by atoms with Crippen LogP contribution in [-0.4, -0.2) is 70.1 Å². The van der Waals surface area contributed by atoms with Crippen molar-refractivity contribution < 1.29 is 27.5 Å². The largest absolute Gasteiger partial charge is 0.474 e. The lowest BCUT2D eigenvalue weighted by Gasteiger charge is -2.50. The molecule has 5 heterocycles. The molecule has 2 atom stereocenters. The highest BCUT2D eigenvalue weighted by Gasteiger charge is 2.56. The molecule has 1 aromatic carbocycles. The van der Waals surface area contributed by atoms with E-state index >= 15 is 0 Å². The number of amides is 2. The first kappa shape index (κ1) is 39.7. The predicted octanol–water partition coefficient (Wildman–Crippen LogP) is 9.13. The predicted molar refractivity (Wildman–Crippen MR) is 195 cm³/mol. The number of pyridine rings is 1. The molecule has 0 aliphatic carbocycles. The quantitative estimate of drug-likeness (QED) is 0.208. The van der Waals surface area contributed by atoms with Crippen LogP contribution < -0.4 is 4.74 Å². The Kier molecular flexibility index (Phi) is 13.2. The minimum atomic E-state index is -4.74. The summed E-state index contributed by atoms with van der Waals surface area (Å²) in [6, 6.07) is 10.3. The van der Waals surface area contributed by atoms with Gasteiger partial charge in [-0.3, -0.25) is 14.6 Å². The molecule has 0 N–H and O–H groups in total. The Hall–Kier alpha value is -4.13. The fourth-order valence-corrected chi connectivity index (χ4v) is 8.13. The molecule has 3 aliphatic rings. The molecule has 2 fully saturated rings. The molecule has 3 aliphatic heterocycles. The molecule has 9 nitrogen and oxygen atoms in total. The van der Waals surface area contributed by atoms with E-state index in [-0.39, 0.29) is 33.2 Å². The topological polar surface area (TPSA) is 99.8 Å². The zero-order valence-electron chi connectivity index (χ0n) is 27.8. The van der Waals surface area contributed by atoms with Gasteiger partial charge in [-0.1, -0.05) is 52.5 Å². The van der Waals surface area contributed by atoms with E-state index in [4.69, 9.17) is 4.74 Å². The number of aryl methyl sites for hydroxylation is 2. The van der Waals surface area contributed by atoms with E-state index in [2.05, 4.69) is 38.6 Å². The van der Waals surface area contributed by atoms with Gasteiger partial charge in [0.05, 0.1) is 22.9 Å². The maximum absolute atomic E-state index is 14.9. The van der Waals surface area contributed by atoms with Gasteiger partial charge >= 0.3 is 6.18 Å². The van der Waals surface area contributed by atoms with Gasteiger partial charge in [-0.25, -0.2) is 0 Å². The van der Waals surface area contributed by atoms with Crippen LogP contribution in [0.15, 0.2) is 69.6 Å². The molecule has 2 saturated heterocycles. The van der Waals surface area contributed by atoms with Gasteiger partial charge in [0.1, 0.15) is 12.3 Å². The number of hydrogen-bond donors (Lipinski definition) is 0. The summed E-state index contributed by atoms with van der Waals surface area (Å²) >= 11 is 1.49. The first-order valence-electron chi connectivity index (χ1n) is 17.0. The van der Waals surface area contributed by atoms with Crippen LogP contribution in [0.2, 0.25) is 0 Å². The molecule has 0 saturated carbocycles. The summed E-state index contributed by atoms with van der Waals surface area (Å²) in [5.41, 5.74) is 0.490. The number of nitrogens with zero attached hydrogens (tertiary/aromatic N) is 6. The number of rotatable bonds is 10. The van der Waals surface area contributed by atoms with Crippen molar-refractivity contribution in [3.63, 3.8) is 0 Å².